The van der Waals surface area contributed by atoms with Crippen LogP contribution in [0, 0.1) is 0 Å². The van der Waals surface area contributed by atoms with Gasteiger partial charge < -0.3 is 19.3 Å². The predicted octanol–water partition coefficient (Wildman–Crippen LogP) is 2.16. The van der Waals surface area contributed by atoms with Gasteiger partial charge >= 0.3 is 5.97 Å². The minimum absolute atomic E-state index is 0.0000709. The van der Waals surface area contributed by atoms with Gasteiger partial charge in [-0.2, -0.15) is 0 Å². The molecule has 0 aliphatic heterocycles. The van der Waals surface area contributed by atoms with E-state index in [0.29, 0.717) is 13.2 Å². The van der Waals surface area contributed by atoms with Gasteiger partial charge in [0.05, 0.1) is 31.0 Å². The summed E-state index contributed by atoms with van der Waals surface area (Å²) in [4.78, 5) is 10.1. The zero-order valence-electron chi connectivity index (χ0n) is 13.4. The highest BCUT2D eigenvalue weighted by Crippen LogP contribution is 2.17. The van der Waals surface area contributed by atoms with Crippen LogP contribution in [0.15, 0.2) is 0 Å². The summed E-state index contributed by atoms with van der Waals surface area (Å²) in [6.07, 6.45) is 0. The van der Waals surface area contributed by atoms with Gasteiger partial charge in [0.1, 0.15) is 6.61 Å². The average Bonchev–Trinajstić information content (AvgIpc) is 2.12. The van der Waals surface area contributed by atoms with Crippen LogP contribution in [-0.2, 0) is 19.0 Å². The monoisotopic (exact) mass is 278 g/mol. The summed E-state index contributed by atoms with van der Waals surface area (Å²) in [6, 6.07) is 0. The van der Waals surface area contributed by atoms with Crippen LogP contribution in [0.4, 0.5) is 0 Å². The maximum atomic E-state index is 10.1. The van der Waals surface area contributed by atoms with Gasteiger partial charge in [-0.1, -0.05) is 0 Å². The van der Waals surface area contributed by atoms with Crippen molar-refractivity contribution in [1.82, 2.24) is 0 Å². The highest BCUT2D eigenvalue weighted by Gasteiger charge is 2.19. The SMILES string of the molecule is CC(=O)OCCOCCO.CC(C)(C)OC(C)(C)C. The fraction of sp³-hybridized carbons (Fsp3) is 0.929. The van der Waals surface area contributed by atoms with Crippen LogP contribution in [0.3, 0.4) is 0 Å². The molecule has 116 valence electrons. The highest BCUT2D eigenvalue weighted by atomic mass is 16.6. The first-order valence-corrected chi connectivity index (χ1v) is 6.50. The molecule has 0 fully saturated rings. The summed E-state index contributed by atoms with van der Waals surface area (Å²) in [5, 5.41) is 8.24. The van der Waals surface area contributed by atoms with Gasteiger partial charge in [-0.25, -0.2) is 0 Å². The van der Waals surface area contributed by atoms with Crippen molar-refractivity contribution >= 4 is 5.97 Å². The van der Waals surface area contributed by atoms with Crippen molar-refractivity contribution in [3.05, 3.63) is 0 Å². The standard InChI is InChI=1S/C8H18O.C6H12O4/c1-7(2,3)9-8(4,5)6;1-6(8)10-5-4-9-3-2-7/h1-6H3;7H,2-5H2,1H3. The zero-order chi connectivity index (χ0) is 15.5. The zero-order valence-corrected chi connectivity index (χ0v) is 13.4. The third-order valence-electron chi connectivity index (χ3n) is 1.38. The molecule has 0 aromatic carbocycles. The molecule has 1 N–H and O–H groups in total. The van der Waals surface area contributed by atoms with E-state index in [1.54, 1.807) is 0 Å². The second-order valence-corrected chi connectivity index (χ2v) is 6.00. The normalized spacial score (nSPS) is 11.6. The summed E-state index contributed by atoms with van der Waals surface area (Å²) < 4.78 is 15.0. The summed E-state index contributed by atoms with van der Waals surface area (Å²) in [5.74, 6) is -0.312. The fourth-order valence-corrected chi connectivity index (χ4v) is 1.33. The lowest BCUT2D eigenvalue weighted by molar-refractivity contribution is -0.142. The number of hydrogen-bond donors (Lipinski definition) is 1. The molecule has 0 bridgehead atoms. The summed E-state index contributed by atoms with van der Waals surface area (Å²) in [7, 11) is 0. The van der Waals surface area contributed by atoms with Crippen molar-refractivity contribution in [2.75, 3.05) is 26.4 Å². The number of aliphatic hydroxyl groups is 1. The van der Waals surface area contributed by atoms with Gasteiger partial charge in [-0.3, -0.25) is 4.79 Å². The lowest BCUT2D eigenvalue weighted by Crippen LogP contribution is -2.31. The molecule has 0 saturated heterocycles. The number of carbonyl (C=O) groups excluding carboxylic acids is 1. The Bertz CT molecular complexity index is 213. The van der Waals surface area contributed by atoms with Crippen LogP contribution in [0.2, 0.25) is 0 Å². The Morgan fingerprint density at radius 3 is 1.68 bits per heavy atom. The lowest BCUT2D eigenvalue weighted by Gasteiger charge is -2.30. The van der Waals surface area contributed by atoms with Crippen molar-refractivity contribution in [1.29, 1.82) is 0 Å². The van der Waals surface area contributed by atoms with Gasteiger partial charge in [0.2, 0.25) is 0 Å². The van der Waals surface area contributed by atoms with E-state index in [-0.39, 0.29) is 30.4 Å². The minimum Gasteiger partial charge on any atom is -0.463 e. The summed E-state index contributed by atoms with van der Waals surface area (Å²) >= 11 is 0. The van der Waals surface area contributed by atoms with Crippen LogP contribution < -0.4 is 0 Å². The number of esters is 1. The first-order valence-electron chi connectivity index (χ1n) is 6.50. The Balaban J connectivity index is 0. The molecule has 0 spiro atoms. The van der Waals surface area contributed by atoms with Crippen molar-refractivity contribution in [3.63, 3.8) is 0 Å². The Morgan fingerprint density at radius 1 is 0.947 bits per heavy atom. The average molecular weight is 278 g/mol. The molecule has 0 aliphatic rings. The number of rotatable bonds is 5. The molecule has 0 aliphatic carbocycles. The molecule has 5 nitrogen and oxygen atoms in total. The summed E-state index contributed by atoms with van der Waals surface area (Å²) in [6.45, 7) is 14.6. The molecule has 0 heterocycles. The molecule has 5 heteroatoms. The van der Waals surface area contributed by atoms with Crippen molar-refractivity contribution in [2.45, 2.75) is 59.7 Å². The van der Waals surface area contributed by atoms with Gasteiger partial charge in [0, 0.05) is 6.92 Å². The molecule has 0 saturated carbocycles. The second kappa shape index (κ2) is 10.2. The molecular weight excluding hydrogens is 248 g/mol. The van der Waals surface area contributed by atoms with Gasteiger partial charge in [0.15, 0.2) is 0 Å². The number of aliphatic hydroxyl groups excluding tert-OH is 1. The largest absolute Gasteiger partial charge is 0.463 e. The van der Waals surface area contributed by atoms with E-state index < -0.39 is 0 Å². The number of ether oxygens (including phenoxy) is 3. The van der Waals surface area contributed by atoms with Crippen LogP contribution >= 0.6 is 0 Å². The molecule has 0 radical (unpaired) electrons. The van der Waals surface area contributed by atoms with Crippen molar-refractivity contribution < 1.29 is 24.1 Å². The fourth-order valence-electron chi connectivity index (χ4n) is 1.33. The molecule has 0 rings (SSSR count). The van der Waals surface area contributed by atoms with E-state index in [9.17, 15) is 4.79 Å². The van der Waals surface area contributed by atoms with E-state index in [0.717, 1.165) is 0 Å². The quantitative estimate of drug-likeness (QED) is 0.616. The van der Waals surface area contributed by atoms with Gasteiger partial charge in [-0.05, 0) is 41.5 Å². The topological polar surface area (TPSA) is 65.0 Å². The van der Waals surface area contributed by atoms with Gasteiger partial charge in [0.25, 0.3) is 0 Å². The first kappa shape index (κ1) is 20.7. The van der Waals surface area contributed by atoms with E-state index in [1.165, 1.54) is 6.92 Å². The number of hydrogen-bond acceptors (Lipinski definition) is 5. The van der Waals surface area contributed by atoms with Crippen LogP contribution in [0.1, 0.15) is 48.5 Å². The second-order valence-electron chi connectivity index (χ2n) is 6.00. The Hall–Kier alpha value is -0.650. The van der Waals surface area contributed by atoms with Crippen molar-refractivity contribution in [2.24, 2.45) is 0 Å². The minimum atomic E-state index is -0.312. The van der Waals surface area contributed by atoms with Crippen molar-refractivity contribution in [3.8, 4) is 0 Å². The van der Waals surface area contributed by atoms with E-state index in [4.69, 9.17) is 14.6 Å². The predicted molar refractivity (Wildman–Crippen MR) is 75.1 cm³/mol. The third kappa shape index (κ3) is 26.8. The maximum Gasteiger partial charge on any atom is 0.302 e. The Kier molecular flexibility index (Phi) is 11.1. The maximum absolute atomic E-state index is 10.1. The first-order chi connectivity index (χ1) is 8.48. The smallest absolute Gasteiger partial charge is 0.302 e. The molecule has 0 unspecified atom stereocenters. The lowest BCUT2D eigenvalue weighted by atomic mass is 10.1. The number of carbonyl (C=O) groups is 1. The van der Waals surface area contributed by atoms with Gasteiger partial charge in [-0.15, -0.1) is 0 Å². The van der Waals surface area contributed by atoms with Crippen LogP contribution in [0.5, 0.6) is 0 Å². The molecule has 0 amide bonds. The molecule has 0 aromatic rings. The van der Waals surface area contributed by atoms with Crippen LogP contribution in [0.25, 0.3) is 0 Å². The van der Waals surface area contributed by atoms with E-state index in [1.807, 2.05) is 0 Å². The third-order valence-corrected chi connectivity index (χ3v) is 1.38. The molecular formula is C14H30O5. The Labute approximate surface area is 117 Å². The van der Waals surface area contributed by atoms with E-state index >= 15 is 0 Å². The van der Waals surface area contributed by atoms with Crippen LogP contribution in [-0.4, -0.2) is 48.7 Å². The summed E-state index contributed by atoms with van der Waals surface area (Å²) in [5.41, 5.74) is -0.0312. The van der Waals surface area contributed by atoms with E-state index in [2.05, 4.69) is 46.3 Å². The Morgan fingerprint density at radius 2 is 1.42 bits per heavy atom. The molecule has 0 atom stereocenters. The molecule has 0 aromatic heterocycles. The molecule has 19 heavy (non-hydrogen) atoms. The highest BCUT2D eigenvalue weighted by molar-refractivity contribution is 5.65.